The van der Waals surface area contributed by atoms with E-state index in [2.05, 4.69) is 5.32 Å². The summed E-state index contributed by atoms with van der Waals surface area (Å²) in [6.45, 7) is 5.39. The van der Waals surface area contributed by atoms with Gasteiger partial charge in [-0.1, -0.05) is 36.7 Å². The first-order chi connectivity index (χ1) is 13.6. The molecule has 1 N–H and O–H groups in total. The van der Waals surface area contributed by atoms with E-state index in [0.29, 0.717) is 17.1 Å². The lowest BCUT2D eigenvalue weighted by atomic mass is 10.0. The highest BCUT2D eigenvalue weighted by Gasteiger charge is 2.23. The smallest absolute Gasteiger partial charge is 0.241 e. The van der Waals surface area contributed by atoms with Crippen molar-refractivity contribution >= 4 is 33.2 Å². The molecule has 0 spiro atoms. The molecule has 1 amide bonds. The molecule has 29 heavy (non-hydrogen) atoms. The summed E-state index contributed by atoms with van der Waals surface area (Å²) >= 11 is 6.14. The van der Waals surface area contributed by atoms with E-state index in [1.165, 1.54) is 0 Å². The summed E-state index contributed by atoms with van der Waals surface area (Å²) in [6, 6.07) is 10.4. The van der Waals surface area contributed by atoms with E-state index in [1.807, 2.05) is 39.0 Å². The predicted molar refractivity (Wildman–Crippen MR) is 117 cm³/mol. The molecule has 0 aliphatic heterocycles. The third-order valence-electron chi connectivity index (χ3n) is 4.70. The van der Waals surface area contributed by atoms with E-state index in [4.69, 9.17) is 16.3 Å². The number of ether oxygens (including phenoxy) is 1. The Labute approximate surface area is 177 Å². The lowest BCUT2D eigenvalue weighted by Crippen LogP contribution is -2.41. The van der Waals surface area contributed by atoms with Gasteiger partial charge in [-0.25, -0.2) is 8.42 Å². The zero-order chi connectivity index (χ0) is 21.8. The summed E-state index contributed by atoms with van der Waals surface area (Å²) in [5.74, 6) is 0.377. The number of carbonyl (C=O) groups excluding carboxylic acids is 1. The summed E-state index contributed by atoms with van der Waals surface area (Å²) in [4.78, 5) is 12.7. The Morgan fingerprint density at radius 1 is 1.17 bits per heavy atom. The van der Waals surface area contributed by atoms with Crippen LogP contribution >= 0.6 is 11.6 Å². The Kier molecular flexibility index (Phi) is 7.54. The van der Waals surface area contributed by atoms with E-state index < -0.39 is 15.9 Å². The molecule has 6 nitrogen and oxygen atoms in total. The third kappa shape index (κ3) is 5.87. The SMILES string of the molecule is CC[C@@H](NC(=O)CN(c1ccc(C)c(Cl)c1)S(C)(=O)=O)c1ccc(OC)c(C)c1. The van der Waals surface area contributed by atoms with Gasteiger partial charge in [0, 0.05) is 5.02 Å². The van der Waals surface area contributed by atoms with Crippen LogP contribution in [-0.4, -0.2) is 34.2 Å². The molecule has 2 aromatic rings. The summed E-state index contributed by atoms with van der Waals surface area (Å²) in [6.07, 6.45) is 1.73. The first kappa shape index (κ1) is 23.0. The number of hydrogen-bond donors (Lipinski definition) is 1. The molecule has 8 heteroatoms. The molecule has 0 aromatic heterocycles. The van der Waals surface area contributed by atoms with Crippen LogP contribution in [0.5, 0.6) is 5.75 Å². The van der Waals surface area contributed by atoms with Gasteiger partial charge >= 0.3 is 0 Å². The second-order valence-electron chi connectivity index (χ2n) is 6.96. The number of nitrogens with one attached hydrogen (secondary N) is 1. The lowest BCUT2D eigenvalue weighted by molar-refractivity contribution is -0.120. The number of sulfonamides is 1. The minimum atomic E-state index is -3.67. The first-order valence-corrected chi connectivity index (χ1v) is 11.5. The van der Waals surface area contributed by atoms with Gasteiger partial charge in [0.1, 0.15) is 12.3 Å². The molecule has 0 saturated carbocycles. The Morgan fingerprint density at radius 2 is 1.86 bits per heavy atom. The minimum absolute atomic E-state index is 0.241. The van der Waals surface area contributed by atoms with Crippen molar-refractivity contribution in [1.29, 1.82) is 0 Å². The highest BCUT2D eigenvalue weighted by molar-refractivity contribution is 7.92. The van der Waals surface area contributed by atoms with E-state index in [0.717, 1.165) is 33.0 Å². The van der Waals surface area contributed by atoms with Crippen molar-refractivity contribution in [1.82, 2.24) is 5.32 Å². The molecule has 2 rings (SSSR count). The minimum Gasteiger partial charge on any atom is -0.496 e. The maximum absolute atomic E-state index is 12.7. The number of rotatable bonds is 8. The summed E-state index contributed by atoms with van der Waals surface area (Å²) in [5.41, 5.74) is 3.08. The largest absolute Gasteiger partial charge is 0.496 e. The lowest BCUT2D eigenvalue weighted by Gasteiger charge is -2.24. The normalized spacial score (nSPS) is 12.3. The molecule has 158 valence electrons. The highest BCUT2D eigenvalue weighted by Crippen LogP contribution is 2.26. The van der Waals surface area contributed by atoms with E-state index in [1.54, 1.807) is 25.3 Å². The number of nitrogens with zero attached hydrogens (tertiary/aromatic N) is 1. The molecule has 0 saturated heterocycles. The first-order valence-electron chi connectivity index (χ1n) is 9.24. The van der Waals surface area contributed by atoms with Gasteiger partial charge in [-0.05, 0) is 55.2 Å². The van der Waals surface area contributed by atoms with Crippen molar-refractivity contribution in [3.8, 4) is 5.75 Å². The van der Waals surface area contributed by atoms with Gasteiger partial charge < -0.3 is 10.1 Å². The molecule has 0 aliphatic carbocycles. The van der Waals surface area contributed by atoms with Crippen LogP contribution < -0.4 is 14.4 Å². The topological polar surface area (TPSA) is 75.7 Å². The van der Waals surface area contributed by atoms with Crippen molar-refractivity contribution in [3.63, 3.8) is 0 Å². The number of methoxy groups -OCH3 is 1. The van der Waals surface area contributed by atoms with Crippen molar-refractivity contribution in [3.05, 3.63) is 58.1 Å². The van der Waals surface area contributed by atoms with Crippen molar-refractivity contribution in [2.45, 2.75) is 33.2 Å². The van der Waals surface area contributed by atoms with Crippen LogP contribution in [0, 0.1) is 13.8 Å². The molecule has 0 bridgehead atoms. The van der Waals surface area contributed by atoms with Crippen LogP contribution in [-0.2, 0) is 14.8 Å². The molecular weight excluding hydrogens is 412 g/mol. The van der Waals surface area contributed by atoms with Crippen LogP contribution in [0.25, 0.3) is 0 Å². The number of anilines is 1. The van der Waals surface area contributed by atoms with Crippen LogP contribution in [0.4, 0.5) is 5.69 Å². The quantitative estimate of drug-likeness (QED) is 0.675. The number of carbonyl (C=O) groups is 1. The number of hydrogen-bond acceptors (Lipinski definition) is 4. The average molecular weight is 439 g/mol. The standard InChI is InChI=1S/C21H27ClN2O4S/c1-6-19(16-8-10-20(28-4)15(3)11-16)23-21(25)13-24(29(5,26)27)17-9-7-14(2)18(22)12-17/h7-12,19H,6,13H2,1-5H3,(H,23,25)/t19-/m1/s1. The monoisotopic (exact) mass is 438 g/mol. The number of amides is 1. The maximum Gasteiger partial charge on any atom is 0.241 e. The molecular formula is C21H27ClN2O4S. The molecule has 0 fully saturated rings. The molecule has 0 aliphatic rings. The van der Waals surface area contributed by atoms with Crippen LogP contribution in [0.1, 0.15) is 36.1 Å². The molecule has 2 aromatic carbocycles. The Balaban J connectivity index is 2.22. The van der Waals surface area contributed by atoms with Crippen molar-refractivity contribution in [2.75, 3.05) is 24.2 Å². The molecule has 0 unspecified atom stereocenters. The fourth-order valence-electron chi connectivity index (χ4n) is 3.05. The zero-order valence-corrected chi connectivity index (χ0v) is 18.9. The van der Waals surface area contributed by atoms with E-state index >= 15 is 0 Å². The van der Waals surface area contributed by atoms with Crippen LogP contribution in [0.3, 0.4) is 0 Å². The van der Waals surface area contributed by atoms with E-state index in [-0.39, 0.29) is 12.6 Å². The number of benzene rings is 2. The second kappa shape index (κ2) is 9.50. The second-order valence-corrected chi connectivity index (χ2v) is 9.27. The predicted octanol–water partition coefficient (Wildman–Crippen LogP) is 4.00. The van der Waals surface area contributed by atoms with Gasteiger partial charge in [0.2, 0.25) is 15.9 Å². The Bertz CT molecular complexity index is 992. The molecule has 1 atom stereocenters. The summed E-state index contributed by atoms with van der Waals surface area (Å²) in [5, 5.41) is 3.37. The van der Waals surface area contributed by atoms with Gasteiger partial charge in [0.15, 0.2) is 0 Å². The Morgan fingerprint density at radius 3 is 2.38 bits per heavy atom. The van der Waals surface area contributed by atoms with Gasteiger partial charge in [0.25, 0.3) is 0 Å². The fourth-order valence-corrected chi connectivity index (χ4v) is 4.07. The fraction of sp³-hybridized carbons (Fsp3) is 0.381. The van der Waals surface area contributed by atoms with Gasteiger partial charge in [0.05, 0.1) is 25.1 Å². The van der Waals surface area contributed by atoms with Crippen LogP contribution in [0.2, 0.25) is 5.02 Å². The van der Waals surface area contributed by atoms with Crippen LogP contribution in [0.15, 0.2) is 36.4 Å². The van der Waals surface area contributed by atoms with Gasteiger partial charge in [-0.3, -0.25) is 9.10 Å². The Hall–Kier alpha value is -2.25. The number of aryl methyl sites for hydroxylation is 2. The maximum atomic E-state index is 12.7. The van der Waals surface area contributed by atoms with Gasteiger partial charge in [-0.15, -0.1) is 0 Å². The summed E-state index contributed by atoms with van der Waals surface area (Å²) in [7, 11) is -2.06. The number of halogens is 1. The zero-order valence-electron chi connectivity index (χ0n) is 17.3. The highest BCUT2D eigenvalue weighted by atomic mass is 35.5. The molecule has 0 heterocycles. The van der Waals surface area contributed by atoms with Gasteiger partial charge in [-0.2, -0.15) is 0 Å². The van der Waals surface area contributed by atoms with Crippen molar-refractivity contribution in [2.24, 2.45) is 0 Å². The third-order valence-corrected chi connectivity index (χ3v) is 6.24. The van der Waals surface area contributed by atoms with Crippen molar-refractivity contribution < 1.29 is 17.9 Å². The molecule has 0 radical (unpaired) electrons. The van der Waals surface area contributed by atoms with E-state index in [9.17, 15) is 13.2 Å². The average Bonchev–Trinajstić information content (AvgIpc) is 2.65. The summed E-state index contributed by atoms with van der Waals surface area (Å²) < 4.78 is 30.9.